The van der Waals surface area contributed by atoms with E-state index in [0.717, 1.165) is 6.42 Å². The average Bonchev–Trinajstić information content (AvgIpc) is 4.12. The van der Waals surface area contributed by atoms with E-state index in [9.17, 15) is 0 Å². The molecule has 0 nitrogen and oxygen atoms in total. The van der Waals surface area contributed by atoms with Crippen molar-refractivity contribution >= 4 is 0 Å². The van der Waals surface area contributed by atoms with Gasteiger partial charge in [-0.3, -0.25) is 0 Å². The molecule has 0 aromatic carbocycles. The van der Waals surface area contributed by atoms with Crippen molar-refractivity contribution in [2.45, 2.75) is 292 Å². The monoisotopic (exact) mass is 1110 g/mol. The van der Waals surface area contributed by atoms with Crippen molar-refractivity contribution in [2.75, 3.05) is 0 Å². The molecule has 0 N–H and O–H groups in total. The van der Waals surface area contributed by atoms with Crippen molar-refractivity contribution in [3.8, 4) is 0 Å². The van der Waals surface area contributed by atoms with Crippen LogP contribution in [0, 0.1) is 48.7 Å². The standard InChI is InChI=1S/C9H18.3C9H16.4C9H14.C9H12/c9*1-9(2)7-5-3-4-6-8-9/h3-8H2,1-2H3;5,7H,3-4,6,8H2,1-2H3;3,5H,4,6-8H2,1-2H3;3-4H,5-8H2,1-2H3;5-8H,3-4H2,1-2H3;3,5-6,8H,4,7H2,1-2H3;3-5,7H,6,8H2,1-2H3;3-6H,7-8H2,1-2H3;3-8H,1-2H3. The first-order valence-electron chi connectivity index (χ1n) is 33.2. The average molecular weight is 1110 g/mol. The van der Waals surface area contributed by atoms with Crippen LogP contribution in [-0.2, 0) is 0 Å². The Bertz CT molecular complexity index is 2000. The quantitative estimate of drug-likeness (QED) is 0.168. The Hall–Kier alpha value is -3.64. The van der Waals surface area contributed by atoms with E-state index in [1.165, 1.54) is 161 Å². The van der Waals surface area contributed by atoms with Gasteiger partial charge in [0.2, 0.25) is 0 Å². The van der Waals surface area contributed by atoms with Gasteiger partial charge in [0.1, 0.15) is 0 Å². The molecule has 9 rings (SSSR count). The predicted molar refractivity (Wildman–Crippen MR) is 372 cm³/mol. The highest BCUT2D eigenvalue weighted by atomic mass is 14.3. The normalized spacial score (nSPS) is 24.6. The van der Waals surface area contributed by atoms with Crippen LogP contribution in [0.4, 0.5) is 0 Å². The summed E-state index contributed by atoms with van der Waals surface area (Å²) < 4.78 is 0. The van der Waals surface area contributed by atoms with Gasteiger partial charge in [-0.15, -0.1) is 0 Å². The molecule has 0 atom stereocenters. The Balaban J connectivity index is 0.000000456. The molecule has 0 heteroatoms. The second-order valence-electron chi connectivity index (χ2n) is 31.3. The van der Waals surface area contributed by atoms with E-state index >= 15 is 0 Å². The van der Waals surface area contributed by atoms with Crippen molar-refractivity contribution in [2.24, 2.45) is 48.7 Å². The van der Waals surface area contributed by atoms with Gasteiger partial charge in [0.05, 0.1) is 0 Å². The number of allylic oxidation sites excluding steroid dienone is 28. The Morgan fingerprint density at radius 1 is 0.198 bits per heavy atom. The number of rotatable bonds is 0. The summed E-state index contributed by atoms with van der Waals surface area (Å²) >= 11 is 0. The lowest BCUT2D eigenvalue weighted by Gasteiger charge is -2.21. The van der Waals surface area contributed by atoms with E-state index in [1.807, 2.05) is 12.2 Å². The molecule has 0 aromatic heterocycles. The molecule has 9 aliphatic rings. The van der Waals surface area contributed by atoms with Crippen LogP contribution in [0.25, 0.3) is 0 Å². The zero-order chi connectivity index (χ0) is 60.7. The summed E-state index contributed by atoms with van der Waals surface area (Å²) in [6, 6.07) is 0. The molecule has 0 spiro atoms. The molecule has 0 saturated heterocycles. The van der Waals surface area contributed by atoms with Crippen LogP contribution in [0.15, 0.2) is 170 Å². The minimum absolute atomic E-state index is 0.240. The molecule has 0 unspecified atom stereocenters. The maximum Gasteiger partial charge on any atom is 0.00106 e. The van der Waals surface area contributed by atoms with Gasteiger partial charge in [-0.25, -0.2) is 0 Å². The van der Waals surface area contributed by atoms with Crippen molar-refractivity contribution in [1.82, 2.24) is 0 Å². The van der Waals surface area contributed by atoms with Crippen LogP contribution < -0.4 is 0 Å². The molecule has 1 saturated carbocycles. The van der Waals surface area contributed by atoms with Gasteiger partial charge in [-0.1, -0.05) is 327 Å². The second-order valence-corrected chi connectivity index (χ2v) is 31.3. The largest absolute Gasteiger partial charge is 0.0885 e. The fourth-order valence-electron chi connectivity index (χ4n) is 10.5. The summed E-state index contributed by atoms with van der Waals surface area (Å²) in [6.45, 7) is 41.4. The van der Waals surface area contributed by atoms with Crippen LogP contribution in [0.2, 0.25) is 0 Å². The predicted octanol–water partition coefficient (Wildman–Crippen LogP) is 27.2. The SMILES string of the molecule is CC1(C)C=CC=CC=C1.CC1(C)C=CC=CCC1.CC1(C)C=CCC=CC1.CC1(C)C=CCCC=C1.CC1(C)C=CCCCC1.CC1(C)CC=CC=CC1.CC1(C)CC=CCCC1.CC1(C)CCC=CCC1.CC1(C)CCCCCC1. The summed E-state index contributed by atoms with van der Waals surface area (Å²) in [4.78, 5) is 0. The molecule has 1 fully saturated rings. The lowest BCUT2D eigenvalue weighted by molar-refractivity contribution is 0.314. The summed E-state index contributed by atoms with van der Waals surface area (Å²) in [5, 5.41) is 0. The lowest BCUT2D eigenvalue weighted by Crippen LogP contribution is -2.08. The van der Waals surface area contributed by atoms with Gasteiger partial charge >= 0.3 is 0 Å². The van der Waals surface area contributed by atoms with Crippen LogP contribution in [0.1, 0.15) is 292 Å². The van der Waals surface area contributed by atoms with E-state index < -0.39 is 0 Å². The zero-order valence-electron chi connectivity index (χ0n) is 57.1. The van der Waals surface area contributed by atoms with Crippen molar-refractivity contribution < 1.29 is 0 Å². The molecule has 0 bridgehead atoms. The Morgan fingerprint density at radius 2 is 0.617 bits per heavy atom. The summed E-state index contributed by atoms with van der Waals surface area (Å²) in [5.41, 5.74) is 4.17. The molecule has 0 aliphatic heterocycles. The Kier molecular flexibility index (Phi) is 37.1. The Labute approximate surface area is 507 Å². The zero-order valence-corrected chi connectivity index (χ0v) is 57.1. The third-order valence-corrected chi connectivity index (χ3v) is 16.8. The summed E-state index contributed by atoms with van der Waals surface area (Å²) in [6.07, 6.45) is 96.7. The first-order valence-corrected chi connectivity index (χ1v) is 33.2. The fraction of sp³-hybridized carbons (Fsp3) is 0.654. The minimum atomic E-state index is 0.240. The van der Waals surface area contributed by atoms with E-state index in [2.05, 4.69) is 283 Å². The topological polar surface area (TPSA) is 0 Å². The van der Waals surface area contributed by atoms with Crippen LogP contribution >= 0.6 is 0 Å². The molecule has 81 heavy (non-hydrogen) atoms. The van der Waals surface area contributed by atoms with Crippen molar-refractivity contribution in [1.29, 1.82) is 0 Å². The first-order chi connectivity index (χ1) is 37.9. The molecule has 0 aromatic rings. The molecule has 0 amide bonds. The Morgan fingerprint density at radius 3 is 1.21 bits per heavy atom. The van der Waals surface area contributed by atoms with Gasteiger partial charge in [-0.2, -0.15) is 0 Å². The summed E-state index contributed by atoms with van der Waals surface area (Å²) in [7, 11) is 0. The highest BCUT2D eigenvalue weighted by molar-refractivity contribution is 5.22. The smallest absolute Gasteiger partial charge is 0.00106 e. The van der Waals surface area contributed by atoms with Gasteiger partial charge in [0.15, 0.2) is 0 Å². The molecule has 0 radical (unpaired) electrons. The van der Waals surface area contributed by atoms with Gasteiger partial charge in [-0.05, 0) is 173 Å². The van der Waals surface area contributed by atoms with E-state index in [0.29, 0.717) is 43.3 Å². The maximum atomic E-state index is 2.40. The van der Waals surface area contributed by atoms with Crippen molar-refractivity contribution in [3.63, 3.8) is 0 Å². The second kappa shape index (κ2) is 39.8. The molecular weight excluding hydrogens is 973 g/mol. The van der Waals surface area contributed by atoms with Gasteiger partial charge < -0.3 is 0 Å². The lowest BCUT2D eigenvalue weighted by atomic mass is 9.85. The third kappa shape index (κ3) is 46.4. The van der Waals surface area contributed by atoms with Crippen LogP contribution in [0.5, 0.6) is 0 Å². The molecular formula is C81H134. The number of hydrogen-bond acceptors (Lipinski definition) is 0. The highest BCUT2D eigenvalue weighted by Crippen LogP contribution is 2.35. The first kappa shape index (κ1) is 75.4. The number of hydrogen-bond donors (Lipinski definition) is 0. The van der Waals surface area contributed by atoms with Gasteiger partial charge in [0, 0.05) is 10.8 Å². The van der Waals surface area contributed by atoms with E-state index in [-0.39, 0.29) is 5.41 Å². The third-order valence-electron chi connectivity index (χ3n) is 16.8. The van der Waals surface area contributed by atoms with Gasteiger partial charge in [0.25, 0.3) is 0 Å². The maximum absolute atomic E-state index is 2.40. The van der Waals surface area contributed by atoms with E-state index in [4.69, 9.17) is 0 Å². The summed E-state index contributed by atoms with van der Waals surface area (Å²) in [5.74, 6) is 0. The highest BCUT2D eigenvalue weighted by Gasteiger charge is 2.20. The fourth-order valence-corrected chi connectivity index (χ4v) is 10.5. The van der Waals surface area contributed by atoms with Crippen molar-refractivity contribution in [3.05, 3.63) is 170 Å². The molecule has 9 aliphatic carbocycles. The minimum Gasteiger partial charge on any atom is -0.0885 e. The van der Waals surface area contributed by atoms with Crippen LogP contribution in [0.3, 0.4) is 0 Å². The van der Waals surface area contributed by atoms with Crippen LogP contribution in [-0.4, -0.2) is 0 Å². The molecule has 458 valence electrons. The molecule has 0 heterocycles. The van der Waals surface area contributed by atoms with E-state index in [1.54, 1.807) is 0 Å².